The number of hydrogen-bond donors (Lipinski definition) is 6. The summed E-state index contributed by atoms with van der Waals surface area (Å²) in [6.07, 6.45) is 1.71. The number of ether oxygens (including phenoxy) is 1. The fourth-order valence-corrected chi connectivity index (χ4v) is 4.21. The summed E-state index contributed by atoms with van der Waals surface area (Å²) in [4.78, 5) is 63.5. The predicted molar refractivity (Wildman–Crippen MR) is 163 cm³/mol. The fraction of sp³-hybridized carbons (Fsp3) is 0.452. The first-order chi connectivity index (χ1) is 20.5. The number of unbranched alkanes of at least 4 members (excludes halogenated alkanes) is 1. The number of para-hydroxylation sites is 1. The van der Waals surface area contributed by atoms with Crippen LogP contribution in [0.2, 0.25) is 0 Å². The summed E-state index contributed by atoms with van der Waals surface area (Å²) in [7, 11) is 0. The number of primary amides is 2. The van der Waals surface area contributed by atoms with Crippen LogP contribution in [0.15, 0.2) is 54.6 Å². The first kappa shape index (κ1) is 34.7. The second-order valence-corrected chi connectivity index (χ2v) is 10.7. The van der Waals surface area contributed by atoms with Crippen molar-refractivity contribution in [2.45, 2.75) is 70.5 Å². The molecule has 0 fully saturated rings. The van der Waals surface area contributed by atoms with Gasteiger partial charge in [-0.3, -0.25) is 24.0 Å². The Balaban J connectivity index is 2.29. The van der Waals surface area contributed by atoms with Crippen molar-refractivity contribution in [2.24, 2.45) is 23.1 Å². The third-order valence-corrected chi connectivity index (χ3v) is 6.63. The number of nitrogens with two attached hydrogens (primary N) is 3. The molecule has 43 heavy (non-hydrogen) atoms. The van der Waals surface area contributed by atoms with E-state index in [4.69, 9.17) is 21.9 Å². The van der Waals surface area contributed by atoms with E-state index in [2.05, 4.69) is 29.8 Å². The number of hydrogen-bond acceptors (Lipinski definition) is 7. The lowest BCUT2D eigenvalue weighted by Crippen LogP contribution is -2.57. The van der Waals surface area contributed by atoms with Crippen LogP contribution in [0.5, 0.6) is 5.75 Å². The van der Waals surface area contributed by atoms with Crippen LogP contribution in [0.4, 0.5) is 0 Å². The van der Waals surface area contributed by atoms with Crippen LogP contribution in [0, 0.1) is 5.92 Å². The van der Waals surface area contributed by atoms with Gasteiger partial charge in [0.2, 0.25) is 23.6 Å². The minimum absolute atomic E-state index is 0.136. The van der Waals surface area contributed by atoms with Gasteiger partial charge in [0.25, 0.3) is 5.91 Å². The van der Waals surface area contributed by atoms with Crippen LogP contribution < -0.4 is 37.9 Å². The van der Waals surface area contributed by atoms with Crippen LogP contribution in [-0.4, -0.2) is 60.8 Å². The zero-order valence-electron chi connectivity index (χ0n) is 24.8. The maximum Gasteiger partial charge on any atom is 0.255 e. The number of nitrogens with one attached hydrogen (secondary N) is 3. The summed E-state index contributed by atoms with van der Waals surface area (Å²) in [5.41, 5.74) is 17.2. The van der Waals surface area contributed by atoms with E-state index in [1.165, 1.54) is 0 Å². The molecule has 0 radical (unpaired) electrons. The molecule has 12 heteroatoms. The van der Waals surface area contributed by atoms with E-state index in [0.29, 0.717) is 37.7 Å². The zero-order chi connectivity index (χ0) is 31.8. The summed E-state index contributed by atoms with van der Waals surface area (Å²) in [5, 5.41) is 7.91. The highest BCUT2D eigenvalue weighted by Crippen LogP contribution is 2.19. The average molecular weight is 597 g/mol. The van der Waals surface area contributed by atoms with Gasteiger partial charge in [-0.25, -0.2) is 0 Å². The van der Waals surface area contributed by atoms with Crippen LogP contribution >= 0.6 is 0 Å². The third-order valence-electron chi connectivity index (χ3n) is 6.63. The SMILES string of the molecule is CC(C)CCOc1ccccc1C(=O)N[C@@H](Cc1ccccc1)C(=O)N[C@@H](CCCCN)C(=O)N[C@@H](CC(N)=O)C(N)=O. The Labute approximate surface area is 252 Å². The van der Waals surface area contributed by atoms with E-state index < -0.39 is 54.1 Å². The van der Waals surface area contributed by atoms with Crippen LogP contribution in [0.1, 0.15) is 61.9 Å². The van der Waals surface area contributed by atoms with Crippen molar-refractivity contribution in [3.8, 4) is 5.75 Å². The summed E-state index contributed by atoms with van der Waals surface area (Å²) in [6.45, 7) is 4.95. The standard InChI is InChI=1S/C31H44N6O6/c1-20(2)15-17-43-26-14-7-6-12-22(26)29(40)37-25(18-21-10-4-3-5-11-21)31(42)35-23(13-8-9-16-32)30(41)36-24(28(34)39)19-27(33)38/h3-7,10-12,14,20,23-25H,8-9,13,15-19,32H2,1-2H3,(H2,33,38)(H2,34,39)(H,35,42)(H,36,41)(H,37,40)/t23-,24-,25-/m0/s1. The minimum Gasteiger partial charge on any atom is -0.493 e. The molecule has 9 N–H and O–H groups in total. The quantitative estimate of drug-likeness (QED) is 0.129. The van der Waals surface area contributed by atoms with Gasteiger partial charge >= 0.3 is 0 Å². The summed E-state index contributed by atoms with van der Waals surface area (Å²) < 4.78 is 5.87. The molecule has 234 valence electrons. The van der Waals surface area contributed by atoms with Crippen molar-refractivity contribution in [1.29, 1.82) is 0 Å². The average Bonchev–Trinajstić information content (AvgIpc) is 2.96. The molecule has 2 aromatic carbocycles. The highest BCUT2D eigenvalue weighted by molar-refractivity contribution is 6.00. The smallest absolute Gasteiger partial charge is 0.255 e. The molecule has 2 aromatic rings. The van der Waals surface area contributed by atoms with Gasteiger partial charge < -0.3 is 37.9 Å². The second kappa shape index (κ2) is 18.2. The maximum atomic E-state index is 13.7. The van der Waals surface area contributed by atoms with E-state index in [0.717, 1.165) is 12.0 Å². The molecule has 0 heterocycles. The van der Waals surface area contributed by atoms with Crippen molar-refractivity contribution >= 4 is 29.5 Å². The third kappa shape index (κ3) is 12.5. The Morgan fingerprint density at radius 1 is 0.767 bits per heavy atom. The zero-order valence-corrected chi connectivity index (χ0v) is 24.8. The number of carbonyl (C=O) groups is 5. The summed E-state index contributed by atoms with van der Waals surface area (Å²) >= 11 is 0. The van der Waals surface area contributed by atoms with Gasteiger partial charge in [0.05, 0.1) is 18.6 Å². The monoisotopic (exact) mass is 596 g/mol. The Morgan fingerprint density at radius 3 is 2.02 bits per heavy atom. The molecule has 0 aromatic heterocycles. The lowest BCUT2D eigenvalue weighted by Gasteiger charge is -2.25. The van der Waals surface area contributed by atoms with Crippen LogP contribution in [0.25, 0.3) is 0 Å². The summed E-state index contributed by atoms with van der Waals surface area (Å²) in [6, 6.07) is 12.4. The van der Waals surface area contributed by atoms with E-state index in [9.17, 15) is 24.0 Å². The first-order valence-electron chi connectivity index (χ1n) is 14.5. The molecular weight excluding hydrogens is 552 g/mol. The minimum atomic E-state index is -1.34. The number of benzene rings is 2. The molecule has 0 saturated carbocycles. The summed E-state index contributed by atoms with van der Waals surface area (Å²) in [5.74, 6) is -2.81. The molecule has 3 atom stereocenters. The molecule has 0 saturated heterocycles. The van der Waals surface area contributed by atoms with Gasteiger partial charge in [0, 0.05) is 6.42 Å². The van der Waals surface area contributed by atoms with Gasteiger partial charge in [-0.05, 0) is 55.8 Å². The molecule has 0 unspecified atom stereocenters. The van der Waals surface area contributed by atoms with E-state index in [-0.39, 0.29) is 18.4 Å². The van der Waals surface area contributed by atoms with Gasteiger partial charge in [-0.1, -0.05) is 56.3 Å². The Morgan fingerprint density at radius 2 is 1.40 bits per heavy atom. The topological polar surface area (TPSA) is 209 Å². The van der Waals surface area contributed by atoms with E-state index >= 15 is 0 Å². The van der Waals surface area contributed by atoms with Crippen LogP contribution in [-0.2, 0) is 25.6 Å². The molecule has 0 aliphatic carbocycles. The van der Waals surface area contributed by atoms with Crippen molar-refractivity contribution in [2.75, 3.05) is 13.2 Å². The highest BCUT2D eigenvalue weighted by Gasteiger charge is 2.30. The van der Waals surface area contributed by atoms with Gasteiger partial charge in [0.15, 0.2) is 0 Å². The fourth-order valence-electron chi connectivity index (χ4n) is 4.21. The Hall–Kier alpha value is -4.45. The van der Waals surface area contributed by atoms with Gasteiger partial charge in [-0.2, -0.15) is 0 Å². The maximum absolute atomic E-state index is 13.7. The molecule has 0 bridgehead atoms. The normalized spacial score (nSPS) is 12.9. The van der Waals surface area contributed by atoms with Gasteiger partial charge in [-0.15, -0.1) is 0 Å². The largest absolute Gasteiger partial charge is 0.493 e. The van der Waals surface area contributed by atoms with E-state index in [1.54, 1.807) is 24.3 Å². The predicted octanol–water partition coefficient (Wildman–Crippen LogP) is 0.912. The van der Waals surface area contributed by atoms with Crippen molar-refractivity contribution < 1.29 is 28.7 Å². The Kier molecular flexibility index (Phi) is 14.7. The molecule has 5 amide bonds. The van der Waals surface area contributed by atoms with Crippen molar-refractivity contribution in [1.82, 2.24) is 16.0 Å². The molecule has 2 rings (SSSR count). The highest BCUT2D eigenvalue weighted by atomic mass is 16.5. The molecular formula is C31H44N6O6. The van der Waals surface area contributed by atoms with Crippen molar-refractivity contribution in [3.63, 3.8) is 0 Å². The molecule has 12 nitrogen and oxygen atoms in total. The lowest BCUT2D eigenvalue weighted by molar-refractivity contribution is -0.133. The van der Waals surface area contributed by atoms with Crippen LogP contribution in [0.3, 0.4) is 0 Å². The van der Waals surface area contributed by atoms with E-state index in [1.807, 2.05) is 30.3 Å². The number of amides is 5. The lowest BCUT2D eigenvalue weighted by atomic mass is 10.0. The molecule has 0 aliphatic rings. The molecule has 0 aliphatic heterocycles. The van der Waals surface area contributed by atoms with Gasteiger partial charge in [0.1, 0.15) is 23.9 Å². The molecule has 0 spiro atoms. The van der Waals surface area contributed by atoms with Crippen molar-refractivity contribution in [3.05, 3.63) is 65.7 Å². The Bertz CT molecular complexity index is 1220. The first-order valence-corrected chi connectivity index (χ1v) is 14.5. The number of rotatable bonds is 19. The number of carbonyl (C=O) groups excluding carboxylic acids is 5. The second-order valence-electron chi connectivity index (χ2n) is 10.7.